The number of carbonyl (C=O) groups is 1. The second kappa shape index (κ2) is 6.31. The molecule has 0 spiro atoms. The molecule has 0 aliphatic carbocycles. The molecule has 0 saturated carbocycles. The van der Waals surface area contributed by atoms with Crippen molar-refractivity contribution in [3.8, 4) is 0 Å². The number of aliphatic carboxylic acids is 1. The Kier molecular flexibility index (Phi) is 5.05. The first-order chi connectivity index (χ1) is 8.00. The number of non-ortho nitro benzene ring substituents is 1. The van der Waals surface area contributed by atoms with Crippen LogP contribution in [0.5, 0.6) is 0 Å². The van der Waals surface area contributed by atoms with E-state index in [0.29, 0.717) is 17.6 Å². The minimum atomic E-state index is -0.861. The van der Waals surface area contributed by atoms with E-state index in [4.69, 9.17) is 5.11 Å². The molecular formula is C10H11BrN2O4. The highest BCUT2D eigenvalue weighted by Gasteiger charge is 2.08. The summed E-state index contributed by atoms with van der Waals surface area (Å²) in [6, 6.07) is 4.48. The van der Waals surface area contributed by atoms with E-state index in [9.17, 15) is 14.9 Å². The minimum absolute atomic E-state index is 0.0196. The zero-order valence-electron chi connectivity index (χ0n) is 8.85. The van der Waals surface area contributed by atoms with Crippen molar-refractivity contribution < 1.29 is 14.8 Å². The maximum atomic E-state index is 10.5. The SMILES string of the molecule is O=C(O)CCNCc1ccc([N+](=O)[O-])cc1Br. The number of carboxylic acid groups (broad SMARTS) is 1. The van der Waals surface area contributed by atoms with Crippen LogP contribution in [0, 0.1) is 10.1 Å². The van der Waals surface area contributed by atoms with Crippen molar-refractivity contribution in [3.05, 3.63) is 38.3 Å². The standard InChI is InChI=1S/C10H11BrN2O4/c11-9-5-8(13(16)17)2-1-7(9)6-12-4-3-10(14)15/h1-2,5,12H,3-4,6H2,(H,14,15). The maximum absolute atomic E-state index is 10.5. The number of nitrogens with zero attached hydrogens (tertiary/aromatic N) is 1. The molecule has 0 heterocycles. The fraction of sp³-hybridized carbons (Fsp3) is 0.300. The lowest BCUT2D eigenvalue weighted by Crippen LogP contribution is -2.17. The number of nitro groups is 1. The van der Waals surface area contributed by atoms with Crippen molar-refractivity contribution >= 4 is 27.6 Å². The van der Waals surface area contributed by atoms with Crippen LogP contribution >= 0.6 is 15.9 Å². The van der Waals surface area contributed by atoms with Gasteiger partial charge in [-0.3, -0.25) is 14.9 Å². The summed E-state index contributed by atoms with van der Waals surface area (Å²) in [4.78, 5) is 20.3. The first-order valence-corrected chi connectivity index (χ1v) is 5.65. The molecule has 0 unspecified atom stereocenters. The topological polar surface area (TPSA) is 92.5 Å². The fourth-order valence-corrected chi connectivity index (χ4v) is 1.72. The van der Waals surface area contributed by atoms with Crippen molar-refractivity contribution in [2.75, 3.05) is 6.54 Å². The van der Waals surface area contributed by atoms with Crippen LogP contribution in [0.25, 0.3) is 0 Å². The molecule has 0 aromatic heterocycles. The summed E-state index contributed by atoms with van der Waals surface area (Å²) in [7, 11) is 0. The van der Waals surface area contributed by atoms with E-state index >= 15 is 0 Å². The molecule has 1 rings (SSSR count). The monoisotopic (exact) mass is 302 g/mol. The molecule has 1 aromatic rings. The lowest BCUT2D eigenvalue weighted by molar-refractivity contribution is -0.384. The number of carboxylic acids is 1. The molecule has 0 bridgehead atoms. The van der Waals surface area contributed by atoms with Crippen molar-refractivity contribution in [1.82, 2.24) is 5.32 Å². The van der Waals surface area contributed by atoms with Crippen LogP contribution < -0.4 is 5.32 Å². The van der Waals surface area contributed by atoms with E-state index < -0.39 is 10.9 Å². The predicted molar refractivity (Wildman–Crippen MR) is 64.8 cm³/mol. The van der Waals surface area contributed by atoms with Gasteiger partial charge in [0.15, 0.2) is 0 Å². The fourth-order valence-electron chi connectivity index (χ4n) is 1.21. The van der Waals surface area contributed by atoms with Gasteiger partial charge in [0, 0.05) is 29.7 Å². The Labute approximate surface area is 106 Å². The van der Waals surface area contributed by atoms with E-state index in [1.807, 2.05) is 0 Å². The number of halogens is 1. The molecule has 0 aliphatic rings. The van der Waals surface area contributed by atoms with Gasteiger partial charge in [0.25, 0.3) is 5.69 Å². The van der Waals surface area contributed by atoms with Crippen LogP contribution in [0.4, 0.5) is 5.69 Å². The molecule has 0 atom stereocenters. The van der Waals surface area contributed by atoms with Gasteiger partial charge in [0.05, 0.1) is 11.3 Å². The Morgan fingerprint density at radius 3 is 2.76 bits per heavy atom. The summed E-state index contributed by atoms with van der Waals surface area (Å²) in [5.74, 6) is -0.861. The number of hydrogen-bond acceptors (Lipinski definition) is 4. The van der Waals surface area contributed by atoms with E-state index in [0.717, 1.165) is 5.56 Å². The average Bonchev–Trinajstić information content (AvgIpc) is 2.25. The predicted octanol–water partition coefficient (Wildman–Crippen LogP) is 1.92. The highest BCUT2D eigenvalue weighted by atomic mass is 79.9. The summed E-state index contributed by atoms with van der Waals surface area (Å²) in [5.41, 5.74) is 0.868. The molecule has 0 amide bonds. The highest BCUT2D eigenvalue weighted by Crippen LogP contribution is 2.22. The van der Waals surface area contributed by atoms with E-state index in [1.165, 1.54) is 12.1 Å². The molecule has 92 valence electrons. The smallest absolute Gasteiger partial charge is 0.304 e. The summed E-state index contributed by atoms with van der Waals surface area (Å²) in [5, 5.41) is 21.9. The Morgan fingerprint density at radius 2 is 2.24 bits per heavy atom. The molecule has 0 saturated heterocycles. The zero-order chi connectivity index (χ0) is 12.8. The molecular weight excluding hydrogens is 292 g/mol. The van der Waals surface area contributed by atoms with Crippen molar-refractivity contribution in [1.29, 1.82) is 0 Å². The summed E-state index contributed by atoms with van der Waals surface area (Å²) < 4.78 is 0.634. The molecule has 7 heteroatoms. The molecule has 0 aliphatic heterocycles. The third-order valence-electron chi connectivity index (χ3n) is 2.08. The molecule has 1 aromatic carbocycles. The van der Waals surface area contributed by atoms with Gasteiger partial charge in [0.1, 0.15) is 0 Å². The first kappa shape index (κ1) is 13.6. The Morgan fingerprint density at radius 1 is 1.53 bits per heavy atom. The Bertz CT molecular complexity index is 436. The van der Waals surface area contributed by atoms with Crippen LogP contribution in [-0.2, 0) is 11.3 Å². The van der Waals surface area contributed by atoms with Crippen LogP contribution in [0.2, 0.25) is 0 Å². The number of hydrogen-bond donors (Lipinski definition) is 2. The van der Waals surface area contributed by atoms with Crippen molar-refractivity contribution in [2.24, 2.45) is 0 Å². The molecule has 2 N–H and O–H groups in total. The summed E-state index contributed by atoms with van der Waals surface area (Å²) in [6.45, 7) is 0.824. The van der Waals surface area contributed by atoms with Crippen LogP contribution in [0.15, 0.2) is 22.7 Å². The normalized spacial score (nSPS) is 10.2. The van der Waals surface area contributed by atoms with Gasteiger partial charge in [-0.15, -0.1) is 0 Å². The van der Waals surface area contributed by atoms with Gasteiger partial charge in [-0.2, -0.15) is 0 Å². The largest absolute Gasteiger partial charge is 0.481 e. The second-order valence-electron chi connectivity index (χ2n) is 3.35. The number of nitro benzene ring substituents is 1. The lowest BCUT2D eigenvalue weighted by Gasteiger charge is -2.05. The van der Waals surface area contributed by atoms with Gasteiger partial charge < -0.3 is 10.4 Å². The number of benzene rings is 1. The molecule has 17 heavy (non-hydrogen) atoms. The number of nitrogens with one attached hydrogen (secondary N) is 1. The molecule has 0 fully saturated rings. The van der Waals surface area contributed by atoms with E-state index in [1.54, 1.807) is 6.07 Å². The summed E-state index contributed by atoms with van der Waals surface area (Å²) in [6.07, 6.45) is 0.0462. The van der Waals surface area contributed by atoms with Gasteiger partial charge in [0.2, 0.25) is 0 Å². The minimum Gasteiger partial charge on any atom is -0.481 e. The second-order valence-corrected chi connectivity index (χ2v) is 4.21. The van der Waals surface area contributed by atoms with Crippen LogP contribution in [-0.4, -0.2) is 22.5 Å². The average molecular weight is 303 g/mol. The Hall–Kier alpha value is -1.47. The van der Waals surface area contributed by atoms with Gasteiger partial charge >= 0.3 is 5.97 Å². The molecule has 6 nitrogen and oxygen atoms in total. The van der Waals surface area contributed by atoms with Crippen molar-refractivity contribution in [2.45, 2.75) is 13.0 Å². The van der Waals surface area contributed by atoms with Crippen LogP contribution in [0.1, 0.15) is 12.0 Å². The van der Waals surface area contributed by atoms with E-state index in [-0.39, 0.29) is 12.1 Å². The van der Waals surface area contributed by atoms with Gasteiger partial charge in [-0.1, -0.05) is 15.9 Å². The van der Waals surface area contributed by atoms with Gasteiger partial charge in [-0.25, -0.2) is 0 Å². The maximum Gasteiger partial charge on any atom is 0.304 e. The third-order valence-corrected chi connectivity index (χ3v) is 2.82. The molecule has 0 radical (unpaired) electrons. The van der Waals surface area contributed by atoms with Gasteiger partial charge in [-0.05, 0) is 11.6 Å². The third kappa shape index (κ3) is 4.49. The highest BCUT2D eigenvalue weighted by molar-refractivity contribution is 9.10. The van der Waals surface area contributed by atoms with Crippen LogP contribution in [0.3, 0.4) is 0 Å². The summed E-state index contributed by atoms with van der Waals surface area (Å²) >= 11 is 3.24. The van der Waals surface area contributed by atoms with E-state index in [2.05, 4.69) is 21.2 Å². The van der Waals surface area contributed by atoms with Crippen molar-refractivity contribution in [3.63, 3.8) is 0 Å². The number of rotatable bonds is 6. The first-order valence-electron chi connectivity index (χ1n) is 4.86. The lowest BCUT2D eigenvalue weighted by atomic mass is 10.2. The quantitative estimate of drug-likeness (QED) is 0.476. The zero-order valence-corrected chi connectivity index (χ0v) is 10.4. The Balaban J connectivity index is 2.54.